The normalized spacial score (nSPS) is 24.2. The van der Waals surface area contributed by atoms with Crippen LogP contribution in [-0.2, 0) is 23.7 Å². The van der Waals surface area contributed by atoms with E-state index in [2.05, 4.69) is 129 Å². The maximum atomic E-state index is 13.3. The van der Waals surface area contributed by atoms with Crippen molar-refractivity contribution < 1.29 is 64.6 Å². The van der Waals surface area contributed by atoms with Crippen LogP contribution in [0.3, 0.4) is 0 Å². The maximum absolute atomic E-state index is 13.3. The molecule has 9 N–H and O–H groups in total. The van der Waals surface area contributed by atoms with Gasteiger partial charge in [0.15, 0.2) is 12.6 Å². The quantitative estimate of drug-likeness (QED) is 0.0204. The SMILES string of the molecule is CC/C=C\C/C=C\C/C=C\C/C=C\C/C=C\C/C=C\C/C=C\C/C=C\C/C=C\CCCC(=O)NC(COC1OC(CO)C(OC2OC(CO)C(O)C(O)C2O)C(O)C1O)C(O)/C=C/CCCCCCCCCCCCCCCCCCCCCCC. The summed E-state index contributed by atoms with van der Waals surface area (Å²) in [6, 6.07) is -0.956. The first kappa shape index (κ1) is 78.5. The smallest absolute Gasteiger partial charge is 0.220 e. The minimum absolute atomic E-state index is 0.193. The molecule has 0 aromatic carbocycles. The van der Waals surface area contributed by atoms with Gasteiger partial charge < -0.3 is 65.1 Å². The van der Waals surface area contributed by atoms with E-state index in [1.54, 1.807) is 6.08 Å². The fourth-order valence-corrected chi connectivity index (χ4v) is 10.3. The summed E-state index contributed by atoms with van der Waals surface area (Å²) < 4.78 is 22.8. The zero-order valence-electron chi connectivity index (χ0n) is 53.3. The largest absolute Gasteiger partial charge is 0.394 e. The first-order valence-corrected chi connectivity index (χ1v) is 33.8. The number of amides is 1. The highest BCUT2D eigenvalue weighted by Gasteiger charge is 2.51. The molecule has 86 heavy (non-hydrogen) atoms. The lowest BCUT2D eigenvalue weighted by molar-refractivity contribution is -0.359. The summed E-state index contributed by atoms with van der Waals surface area (Å²) in [6.07, 6.45) is 63.9. The molecule has 0 aromatic rings. The zero-order chi connectivity index (χ0) is 62.3. The van der Waals surface area contributed by atoms with Crippen LogP contribution < -0.4 is 5.32 Å². The van der Waals surface area contributed by atoms with Gasteiger partial charge in [0.05, 0.1) is 32.0 Å². The summed E-state index contributed by atoms with van der Waals surface area (Å²) in [5.74, 6) is -0.300. The zero-order valence-corrected chi connectivity index (χ0v) is 53.3. The number of hydrogen-bond donors (Lipinski definition) is 9. The van der Waals surface area contributed by atoms with E-state index in [-0.39, 0.29) is 18.9 Å². The third-order valence-electron chi connectivity index (χ3n) is 15.7. The van der Waals surface area contributed by atoms with Gasteiger partial charge in [0, 0.05) is 6.42 Å². The molecule has 2 aliphatic rings. The Balaban J connectivity index is 1.76. The number of carbonyl (C=O) groups excluding carboxylic acids is 1. The van der Waals surface area contributed by atoms with E-state index < -0.39 is 86.8 Å². The van der Waals surface area contributed by atoms with Gasteiger partial charge in [-0.05, 0) is 83.5 Å². The number of ether oxygens (including phenoxy) is 4. The Hall–Kier alpha value is -3.61. The third-order valence-corrected chi connectivity index (χ3v) is 15.7. The van der Waals surface area contributed by atoms with E-state index in [0.29, 0.717) is 12.8 Å². The van der Waals surface area contributed by atoms with Crippen LogP contribution in [0.15, 0.2) is 122 Å². The van der Waals surface area contributed by atoms with Crippen molar-refractivity contribution in [2.45, 2.75) is 306 Å². The Kier molecular flexibility index (Phi) is 50.6. The lowest BCUT2D eigenvalue weighted by atomic mass is 9.97. The number of hydrogen-bond acceptors (Lipinski definition) is 13. The molecule has 2 heterocycles. The van der Waals surface area contributed by atoms with Crippen LogP contribution >= 0.6 is 0 Å². The van der Waals surface area contributed by atoms with E-state index in [1.807, 2.05) is 6.08 Å². The predicted octanol–water partition coefficient (Wildman–Crippen LogP) is 13.3. The van der Waals surface area contributed by atoms with Crippen molar-refractivity contribution in [2.24, 2.45) is 0 Å². The van der Waals surface area contributed by atoms with Crippen LogP contribution in [0.25, 0.3) is 0 Å². The highest BCUT2D eigenvalue weighted by molar-refractivity contribution is 5.76. The van der Waals surface area contributed by atoms with E-state index in [9.17, 15) is 45.6 Å². The monoisotopic (exact) mass is 1210 g/mol. The van der Waals surface area contributed by atoms with Crippen LogP contribution in [0.2, 0.25) is 0 Å². The van der Waals surface area contributed by atoms with Gasteiger partial charge in [-0.2, -0.15) is 0 Å². The maximum Gasteiger partial charge on any atom is 0.220 e. The van der Waals surface area contributed by atoms with Gasteiger partial charge >= 0.3 is 0 Å². The van der Waals surface area contributed by atoms with Crippen molar-refractivity contribution in [1.29, 1.82) is 0 Å². The molecule has 0 spiro atoms. The molecule has 12 atom stereocenters. The topological polar surface area (TPSA) is 228 Å². The van der Waals surface area contributed by atoms with Gasteiger partial charge in [0.25, 0.3) is 0 Å². The molecule has 0 radical (unpaired) electrons. The van der Waals surface area contributed by atoms with Crippen molar-refractivity contribution in [1.82, 2.24) is 5.32 Å². The van der Waals surface area contributed by atoms with E-state index in [4.69, 9.17) is 18.9 Å². The van der Waals surface area contributed by atoms with E-state index in [1.165, 1.54) is 116 Å². The molecule has 14 heteroatoms. The molecule has 2 rings (SSSR count). The molecular formula is C72H121NO13. The van der Waals surface area contributed by atoms with Crippen molar-refractivity contribution in [2.75, 3.05) is 19.8 Å². The summed E-state index contributed by atoms with van der Waals surface area (Å²) in [5.41, 5.74) is 0. The second-order valence-corrected chi connectivity index (χ2v) is 23.2. The number of allylic oxidation sites excluding steroid dienone is 19. The molecule has 0 aliphatic carbocycles. The van der Waals surface area contributed by atoms with Crippen LogP contribution in [0, 0.1) is 0 Å². The number of nitrogens with one attached hydrogen (secondary N) is 1. The number of carbonyl (C=O) groups is 1. The summed E-state index contributed by atoms with van der Waals surface area (Å²) >= 11 is 0. The average molecular weight is 1210 g/mol. The first-order chi connectivity index (χ1) is 42.1. The summed E-state index contributed by atoms with van der Waals surface area (Å²) in [4.78, 5) is 13.3. The molecular weight excluding hydrogens is 1090 g/mol. The molecule has 0 bridgehead atoms. The molecule has 1 amide bonds. The number of aliphatic hydroxyl groups excluding tert-OH is 8. The molecule has 2 aliphatic heterocycles. The number of unbranched alkanes of at least 4 members (excludes halogenated alkanes) is 22. The fourth-order valence-electron chi connectivity index (χ4n) is 10.3. The standard InChI is InChI=1S/C72H121NO13/c1-3-5-7-9-11-13-15-17-19-21-23-25-27-28-29-30-31-32-34-36-38-40-42-44-46-48-50-52-54-56-64(77)73-60(59-83-71-69(82)67(80)70(63(58-75)85-71)86-72-68(81)66(79)65(78)62(57-74)84-72)61(76)55-53-51-49-47-45-43-41-39-37-35-33-26-24-22-20-18-16-14-12-10-8-6-4-2/h5,7,11,13,17,19,23,25,28-29,31-32,36,38,42,44,48,50,53,55,60-63,65-72,74-76,78-82H,3-4,6,8-10,12,14-16,18,20-22,24,26-27,30,33-35,37,39-41,43,45-47,49,51-52,54,56-59H2,1-2H3,(H,73,77)/b7-5-,13-11-,19-17-,25-23-,29-28-,32-31-,38-36-,44-42-,50-48-,55-53+. The minimum atomic E-state index is -1.80. The van der Waals surface area contributed by atoms with Gasteiger partial charge in [0.1, 0.15) is 48.8 Å². The van der Waals surface area contributed by atoms with E-state index in [0.717, 1.165) is 83.5 Å². The molecule has 0 aromatic heterocycles. The number of aliphatic hydroxyl groups is 8. The minimum Gasteiger partial charge on any atom is -0.394 e. The van der Waals surface area contributed by atoms with Gasteiger partial charge in [-0.25, -0.2) is 0 Å². The van der Waals surface area contributed by atoms with Crippen LogP contribution in [-0.4, -0.2) is 140 Å². The second kappa shape index (κ2) is 55.5. The van der Waals surface area contributed by atoms with Crippen LogP contribution in [0.4, 0.5) is 0 Å². The Labute approximate surface area is 520 Å². The molecule has 2 saturated heterocycles. The average Bonchev–Trinajstić information content (AvgIpc) is 2.53. The Morgan fingerprint density at radius 1 is 0.430 bits per heavy atom. The lowest BCUT2D eigenvalue weighted by Crippen LogP contribution is -2.65. The van der Waals surface area contributed by atoms with Crippen molar-refractivity contribution in [3.05, 3.63) is 122 Å². The van der Waals surface area contributed by atoms with E-state index >= 15 is 0 Å². The van der Waals surface area contributed by atoms with Gasteiger partial charge in [-0.3, -0.25) is 4.79 Å². The number of rotatable bonds is 53. The fraction of sp³-hybridized carbons (Fsp3) is 0.708. The Morgan fingerprint density at radius 2 is 0.802 bits per heavy atom. The van der Waals surface area contributed by atoms with Crippen molar-refractivity contribution >= 4 is 5.91 Å². The molecule has 14 nitrogen and oxygen atoms in total. The summed E-state index contributed by atoms with van der Waals surface area (Å²) in [5, 5.41) is 87.3. The molecule has 492 valence electrons. The summed E-state index contributed by atoms with van der Waals surface area (Å²) in [6.45, 7) is 2.65. The van der Waals surface area contributed by atoms with Crippen molar-refractivity contribution in [3.63, 3.8) is 0 Å². The second-order valence-electron chi connectivity index (χ2n) is 23.2. The van der Waals surface area contributed by atoms with Crippen molar-refractivity contribution in [3.8, 4) is 0 Å². The highest BCUT2D eigenvalue weighted by atomic mass is 16.7. The summed E-state index contributed by atoms with van der Waals surface area (Å²) in [7, 11) is 0. The Bertz CT molecular complexity index is 1910. The molecule has 12 unspecified atom stereocenters. The van der Waals surface area contributed by atoms with Gasteiger partial charge in [-0.1, -0.05) is 264 Å². The molecule has 0 saturated carbocycles. The lowest BCUT2D eigenvalue weighted by Gasteiger charge is -2.46. The van der Waals surface area contributed by atoms with Gasteiger partial charge in [0.2, 0.25) is 5.91 Å². The Morgan fingerprint density at radius 3 is 1.22 bits per heavy atom. The first-order valence-electron chi connectivity index (χ1n) is 33.8. The van der Waals surface area contributed by atoms with Crippen LogP contribution in [0.5, 0.6) is 0 Å². The predicted molar refractivity (Wildman–Crippen MR) is 350 cm³/mol. The molecule has 2 fully saturated rings. The third kappa shape index (κ3) is 39.4. The van der Waals surface area contributed by atoms with Crippen LogP contribution in [0.1, 0.15) is 232 Å². The highest BCUT2D eigenvalue weighted by Crippen LogP contribution is 2.30. The van der Waals surface area contributed by atoms with Gasteiger partial charge in [-0.15, -0.1) is 0 Å².